The molecule has 0 fully saturated rings. The van der Waals surface area contributed by atoms with Crippen LogP contribution in [-0.2, 0) is 0 Å². The molecule has 0 saturated carbocycles. The highest BCUT2D eigenvalue weighted by Crippen LogP contribution is 2.17. The lowest BCUT2D eigenvalue weighted by atomic mass is 10.2. The van der Waals surface area contributed by atoms with Crippen LogP contribution in [0.4, 0.5) is 15.3 Å². The van der Waals surface area contributed by atoms with Crippen molar-refractivity contribution in [2.24, 2.45) is 0 Å². The molecule has 1 amide bonds. The molecule has 0 aliphatic rings. The number of nitrogens with one attached hydrogen (secondary N) is 2. The molecule has 0 aliphatic heterocycles. The van der Waals surface area contributed by atoms with Gasteiger partial charge in [0.05, 0.1) is 11.8 Å². The van der Waals surface area contributed by atoms with Gasteiger partial charge in [0.2, 0.25) is 5.13 Å². The van der Waals surface area contributed by atoms with Crippen molar-refractivity contribution >= 4 is 28.4 Å². The number of amides is 1. The van der Waals surface area contributed by atoms with Crippen molar-refractivity contribution in [3.8, 4) is 0 Å². The Morgan fingerprint density at radius 2 is 2.28 bits per heavy atom. The van der Waals surface area contributed by atoms with Crippen LogP contribution in [0, 0.1) is 12.7 Å². The molecule has 0 saturated heterocycles. The Kier molecular flexibility index (Phi) is 3.47. The second-order valence-electron chi connectivity index (χ2n) is 3.40. The Labute approximate surface area is 106 Å². The summed E-state index contributed by atoms with van der Waals surface area (Å²) in [6.45, 7) is 1.72. The SMILES string of the molecule is CNc1ncc(F)cc1C(=O)Nc1nc(C)ns1. The average Bonchev–Trinajstić information content (AvgIpc) is 2.74. The van der Waals surface area contributed by atoms with E-state index < -0.39 is 11.7 Å². The Bertz CT molecular complexity index is 585. The second-order valence-corrected chi connectivity index (χ2v) is 4.15. The molecule has 94 valence electrons. The summed E-state index contributed by atoms with van der Waals surface area (Å²) in [7, 11) is 1.60. The van der Waals surface area contributed by atoms with Crippen LogP contribution in [0.3, 0.4) is 0 Å². The first kappa shape index (κ1) is 12.4. The molecule has 0 spiro atoms. The first-order chi connectivity index (χ1) is 8.60. The molecule has 2 aromatic heterocycles. The van der Waals surface area contributed by atoms with E-state index >= 15 is 0 Å². The Morgan fingerprint density at radius 3 is 2.89 bits per heavy atom. The molecule has 2 N–H and O–H groups in total. The van der Waals surface area contributed by atoms with E-state index in [9.17, 15) is 9.18 Å². The first-order valence-corrected chi connectivity index (χ1v) is 5.82. The fourth-order valence-corrected chi connectivity index (χ4v) is 1.89. The molecule has 18 heavy (non-hydrogen) atoms. The summed E-state index contributed by atoms with van der Waals surface area (Å²) in [5.41, 5.74) is 0.116. The third kappa shape index (κ3) is 2.59. The molecule has 8 heteroatoms. The van der Waals surface area contributed by atoms with Crippen LogP contribution >= 0.6 is 11.5 Å². The highest BCUT2D eigenvalue weighted by Gasteiger charge is 2.15. The summed E-state index contributed by atoms with van der Waals surface area (Å²) in [5, 5.41) is 5.63. The van der Waals surface area contributed by atoms with Gasteiger partial charge < -0.3 is 5.32 Å². The number of hydrogen-bond donors (Lipinski definition) is 2. The zero-order chi connectivity index (χ0) is 13.1. The zero-order valence-corrected chi connectivity index (χ0v) is 10.5. The molecule has 2 aromatic rings. The number of anilines is 2. The van der Waals surface area contributed by atoms with Gasteiger partial charge in [-0.3, -0.25) is 10.1 Å². The number of rotatable bonds is 3. The minimum atomic E-state index is -0.576. The maximum Gasteiger partial charge on any atom is 0.261 e. The van der Waals surface area contributed by atoms with Crippen LogP contribution in [-0.4, -0.2) is 27.3 Å². The molecule has 2 rings (SSSR count). The van der Waals surface area contributed by atoms with Crippen molar-refractivity contribution in [1.29, 1.82) is 0 Å². The molecule has 0 radical (unpaired) electrons. The molecular weight excluding hydrogens is 257 g/mol. The van der Waals surface area contributed by atoms with Gasteiger partial charge in [-0.1, -0.05) is 0 Å². The average molecular weight is 267 g/mol. The number of carbonyl (C=O) groups excluding carboxylic acids is 1. The van der Waals surface area contributed by atoms with Crippen molar-refractivity contribution in [2.45, 2.75) is 6.92 Å². The van der Waals surface area contributed by atoms with Crippen LogP contribution in [0.25, 0.3) is 0 Å². The van der Waals surface area contributed by atoms with Crippen LogP contribution < -0.4 is 10.6 Å². The number of pyridine rings is 1. The topological polar surface area (TPSA) is 79.8 Å². The first-order valence-electron chi connectivity index (χ1n) is 5.05. The monoisotopic (exact) mass is 267 g/mol. The van der Waals surface area contributed by atoms with Crippen LogP contribution in [0.5, 0.6) is 0 Å². The van der Waals surface area contributed by atoms with Crippen LogP contribution in [0.1, 0.15) is 16.2 Å². The highest BCUT2D eigenvalue weighted by atomic mass is 32.1. The van der Waals surface area contributed by atoms with Crippen molar-refractivity contribution in [3.05, 3.63) is 29.5 Å². The molecule has 0 aromatic carbocycles. The van der Waals surface area contributed by atoms with Gasteiger partial charge >= 0.3 is 0 Å². The molecule has 0 aliphatic carbocycles. The molecule has 2 heterocycles. The number of nitrogens with zero attached hydrogens (tertiary/aromatic N) is 3. The van der Waals surface area contributed by atoms with Crippen molar-refractivity contribution < 1.29 is 9.18 Å². The normalized spacial score (nSPS) is 10.2. The standard InChI is InChI=1S/C10H10FN5OS/c1-5-14-10(18-16-5)15-9(17)7-3-6(11)4-13-8(7)12-2/h3-4H,1-2H3,(H,12,13)(H,14,15,16,17). The van der Waals surface area contributed by atoms with E-state index in [0.29, 0.717) is 16.8 Å². The number of carbonyl (C=O) groups is 1. The van der Waals surface area contributed by atoms with Crippen LogP contribution in [0.2, 0.25) is 0 Å². The minimum absolute atomic E-state index is 0.116. The van der Waals surface area contributed by atoms with E-state index in [1.54, 1.807) is 14.0 Å². The van der Waals surface area contributed by atoms with E-state index in [0.717, 1.165) is 23.8 Å². The van der Waals surface area contributed by atoms with Gasteiger partial charge in [-0.2, -0.15) is 4.37 Å². The summed E-state index contributed by atoms with van der Waals surface area (Å²) < 4.78 is 17.0. The molecule has 0 unspecified atom stereocenters. The third-order valence-corrected chi connectivity index (χ3v) is 2.81. The van der Waals surface area contributed by atoms with E-state index in [1.165, 1.54) is 0 Å². The van der Waals surface area contributed by atoms with Gasteiger partial charge in [-0.05, 0) is 13.0 Å². The van der Waals surface area contributed by atoms with E-state index in [1.807, 2.05) is 0 Å². The minimum Gasteiger partial charge on any atom is -0.372 e. The van der Waals surface area contributed by atoms with Crippen molar-refractivity contribution in [2.75, 3.05) is 17.7 Å². The van der Waals surface area contributed by atoms with Gasteiger partial charge in [0, 0.05) is 18.6 Å². The number of aryl methyl sites for hydroxylation is 1. The maximum absolute atomic E-state index is 13.1. The van der Waals surface area contributed by atoms with E-state index in [2.05, 4.69) is 25.0 Å². The Hall–Kier alpha value is -2.09. The Balaban J connectivity index is 2.25. The summed E-state index contributed by atoms with van der Waals surface area (Å²) in [6, 6.07) is 1.11. The van der Waals surface area contributed by atoms with E-state index in [-0.39, 0.29) is 5.56 Å². The Morgan fingerprint density at radius 1 is 1.50 bits per heavy atom. The zero-order valence-electron chi connectivity index (χ0n) is 9.69. The lowest BCUT2D eigenvalue weighted by molar-refractivity contribution is 0.102. The largest absolute Gasteiger partial charge is 0.372 e. The van der Waals surface area contributed by atoms with Crippen LogP contribution in [0.15, 0.2) is 12.3 Å². The lowest BCUT2D eigenvalue weighted by Crippen LogP contribution is -2.15. The molecular formula is C10H10FN5OS. The smallest absolute Gasteiger partial charge is 0.261 e. The van der Waals surface area contributed by atoms with Crippen molar-refractivity contribution in [3.63, 3.8) is 0 Å². The predicted molar refractivity (Wildman–Crippen MR) is 66.3 cm³/mol. The molecule has 0 atom stereocenters. The fraction of sp³-hybridized carbons (Fsp3) is 0.200. The summed E-state index contributed by atoms with van der Waals surface area (Å²) in [5.74, 6) is -0.188. The lowest BCUT2D eigenvalue weighted by Gasteiger charge is -2.06. The summed E-state index contributed by atoms with van der Waals surface area (Å²) in [4.78, 5) is 19.7. The molecule has 6 nitrogen and oxygen atoms in total. The van der Waals surface area contributed by atoms with Gasteiger partial charge in [-0.15, -0.1) is 0 Å². The van der Waals surface area contributed by atoms with Gasteiger partial charge in [0.1, 0.15) is 17.5 Å². The van der Waals surface area contributed by atoms with Gasteiger partial charge in [0.25, 0.3) is 5.91 Å². The highest BCUT2D eigenvalue weighted by molar-refractivity contribution is 7.09. The predicted octanol–water partition coefficient (Wildman–Crippen LogP) is 1.67. The fourth-order valence-electron chi connectivity index (χ4n) is 1.32. The van der Waals surface area contributed by atoms with Crippen molar-refractivity contribution in [1.82, 2.24) is 14.3 Å². The van der Waals surface area contributed by atoms with Gasteiger partial charge in [-0.25, -0.2) is 14.4 Å². The van der Waals surface area contributed by atoms with Gasteiger partial charge in [0.15, 0.2) is 0 Å². The van der Waals surface area contributed by atoms with E-state index in [4.69, 9.17) is 0 Å². The molecule has 0 bridgehead atoms. The second kappa shape index (κ2) is 5.05. The quantitative estimate of drug-likeness (QED) is 0.884. The number of halogens is 1. The third-order valence-electron chi connectivity index (χ3n) is 2.08. The number of aromatic nitrogens is 3. The maximum atomic E-state index is 13.1. The summed E-state index contributed by atoms with van der Waals surface area (Å²) >= 11 is 1.06. The summed E-state index contributed by atoms with van der Waals surface area (Å²) in [6.07, 6.45) is 1.04. The number of hydrogen-bond acceptors (Lipinski definition) is 6.